The van der Waals surface area contributed by atoms with Crippen LogP contribution in [0.4, 0.5) is 0 Å². The van der Waals surface area contributed by atoms with Gasteiger partial charge in [-0.3, -0.25) is 4.79 Å². The van der Waals surface area contributed by atoms with E-state index in [9.17, 15) is 4.79 Å². The lowest BCUT2D eigenvalue weighted by atomic mass is 10.0. The third kappa shape index (κ3) is 3.21. The maximum atomic E-state index is 12.5. The number of carbonyl (C=O) groups excluding carboxylic acids is 1. The lowest BCUT2D eigenvalue weighted by Gasteiger charge is -2.15. The number of para-hydroxylation sites is 1. The second-order valence-electron chi connectivity index (χ2n) is 5.92. The molecule has 6 heteroatoms. The number of hydrogen-bond acceptors (Lipinski definition) is 4. The minimum Gasteiger partial charge on any atom is -0.426 e. The van der Waals surface area contributed by atoms with Crippen LogP contribution in [0.15, 0.2) is 46.9 Å². The lowest BCUT2D eigenvalue weighted by Crippen LogP contribution is -2.31. The quantitative estimate of drug-likeness (QED) is 0.937. The molecular formula is C17H19ClN2O3. The Morgan fingerprint density at radius 1 is 1.09 bits per heavy atom. The molecule has 0 radical (unpaired) electrons. The Morgan fingerprint density at radius 3 is 2.48 bits per heavy atom. The molecule has 0 unspecified atom stereocenters. The minimum absolute atomic E-state index is 0. The van der Waals surface area contributed by atoms with Crippen molar-refractivity contribution in [2.24, 2.45) is 11.8 Å². The zero-order valence-electron chi connectivity index (χ0n) is 12.6. The number of nitrogens with zero attached hydrogens (tertiary/aromatic N) is 1. The summed E-state index contributed by atoms with van der Waals surface area (Å²) in [6.45, 7) is 3.64. The van der Waals surface area contributed by atoms with Gasteiger partial charge in [0.1, 0.15) is 5.75 Å². The van der Waals surface area contributed by atoms with Crippen molar-refractivity contribution in [1.82, 2.24) is 10.2 Å². The van der Waals surface area contributed by atoms with Gasteiger partial charge < -0.3 is 19.4 Å². The second kappa shape index (κ2) is 6.64. The Balaban J connectivity index is 0.00000156. The van der Waals surface area contributed by atoms with E-state index < -0.39 is 0 Å². The average Bonchev–Trinajstić information content (AvgIpc) is 3.22. The standard InChI is InChI=1S/C17H18N2O3.ClH/c20-17(19-10-12-8-18-9-13(12)11-19)15-6-7-16(22-15)21-14-4-2-1-3-5-14;/h1-7,12-13,18H,8-11H2;1H/t12-,13+;. The van der Waals surface area contributed by atoms with E-state index >= 15 is 0 Å². The third-order valence-electron chi connectivity index (χ3n) is 4.43. The molecule has 2 atom stereocenters. The van der Waals surface area contributed by atoms with E-state index in [4.69, 9.17) is 9.15 Å². The molecular weight excluding hydrogens is 316 g/mol. The highest BCUT2D eigenvalue weighted by Gasteiger charge is 2.38. The SMILES string of the molecule is Cl.O=C(c1ccc(Oc2ccccc2)o1)N1C[C@H]2CNC[C@H]2C1. The first-order chi connectivity index (χ1) is 10.8. The zero-order chi connectivity index (χ0) is 14.9. The van der Waals surface area contributed by atoms with Crippen molar-refractivity contribution in [3.63, 3.8) is 0 Å². The van der Waals surface area contributed by atoms with Crippen molar-refractivity contribution in [3.8, 4) is 11.7 Å². The molecule has 5 nitrogen and oxygen atoms in total. The number of amides is 1. The summed E-state index contributed by atoms with van der Waals surface area (Å²) >= 11 is 0. The lowest BCUT2D eigenvalue weighted by molar-refractivity contribution is 0.0745. The van der Waals surface area contributed by atoms with Gasteiger partial charge in [-0.15, -0.1) is 12.4 Å². The van der Waals surface area contributed by atoms with Gasteiger partial charge in [-0.2, -0.15) is 0 Å². The molecule has 2 saturated heterocycles. The van der Waals surface area contributed by atoms with E-state index in [0.717, 1.165) is 26.2 Å². The van der Waals surface area contributed by atoms with Gasteiger partial charge in [0, 0.05) is 32.2 Å². The molecule has 2 aliphatic rings. The van der Waals surface area contributed by atoms with Gasteiger partial charge in [-0.25, -0.2) is 0 Å². The summed E-state index contributed by atoms with van der Waals surface area (Å²) in [4.78, 5) is 14.4. The van der Waals surface area contributed by atoms with Crippen LogP contribution in [0.2, 0.25) is 0 Å². The van der Waals surface area contributed by atoms with Crippen molar-refractivity contribution < 1.29 is 13.9 Å². The molecule has 1 amide bonds. The monoisotopic (exact) mass is 334 g/mol. The van der Waals surface area contributed by atoms with E-state index in [1.165, 1.54) is 0 Å². The fraction of sp³-hybridized carbons (Fsp3) is 0.353. The first kappa shape index (κ1) is 15.9. The first-order valence-electron chi connectivity index (χ1n) is 7.62. The highest BCUT2D eigenvalue weighted by Crippen LogP contribution is 2.29. The van der Waals surface area contributed by atoms with Gasteiger partial charge >= 0.3 is 0 Å². The molecule has 4 rings (SSSR count). The van der Waals surface area contributed by atoms with Crippen LogP contribution in [-0.4, -0.2) is 37.0 Å². The molecule has 2 aliphatic heterocycles. The molecule has 2 aromatic rings. The number of fused-ring (bicyclic) bond motifs is 1. The maximum absolute atomic E-state index is 12.5. The van der Waals surface area contributed by atoms with Crippen molar-refractivity contribution in [1.29, 1.82) is 0 Å². The number of likely N-dealkylation sites (tertiary alicyclic amines) is 1. The van der Waals surface area contributed by atoms with Crippen LogP contribution in [0.5, 0.6) is 11.7 Å². The van der Waals surface area contributed by atoms with Gasteiger partial charge in [0.05, 0.1) is 0 Å². The summed E-state index contributed by atoms with van der Waals surface area (Å²) < 4.78 is 11.2. The Bertz CT molecular complexity index is 661. The van der Waals surface area contributed by atoms with Crippen molar-refractivity contribution in [2.75, 3.05) is 26.2 Å². The molecule has 122 valence electrons. The van der Waals surface area contributed by atoms with Crippen LogP contribution in [0.3, 0.4) is 0 Å². The van der Waals surface area contributed by atoms with E-state index in [2.05, 4.69) is 5.32 Å². The summed E-state index contributed by atoms with van der Waals surface area (Å²) in [5, 5.41) is 3.37. The minimum atomic E-state index is -0.0442. The number of halogens is 1. The smallest absolute Gasteiger partial charge is 0.290 e. The number of rotatable bonds is 3. The molecule has 0 bridgehead atoms. The van der Waals surface area contributed by atoms with Crippen molar-refractivity contribution >= 4 is 18.3 Å². The Labute approximate surface area is 141 Å². The summed E-state index contributed by atoms with van der Waals surface area (Å²) in [5.41, 5.74) is 0. The van der Waals surface area contributed by atoms with E-state index in [0.29, 0.717) is 29.3 Å². The predicted molar refractivity (Wildman–Crippen MR) is 88.2 cm³/mol. The van der Waals surface area contributed by atoms with Crippen LogP contribution >= 0.6 is 12.4 Å². The van der Waals surface area contributed by atoms with Gasteiger partial charge in [0.25, 0.3) is 11.9 Å². The molecule has 3 heterocycles. The van der Waals surface area contributed by atoms with Crippen LogP contribution < -0.4 is 10.1 Å². The van der Waals surface area contributed by atoms with Crippen LogP contribution in [0, 0.1) is 11.8 Å². The molecule has 1 aromatic heterocycles. The largest absolute Gasteiger partial charge is 0.426 e. The molecule has 0 aliphatic carbocycles. The number of nitrogens with one attached hydrogen (secondary N) is 1. The van der Waals surface area contributed by atoms with Crippen LogP contribution in [-0.2, 0) is 0 Å². The first-order valence-corrected chi connectivity index (χ1v) is 7.62. The van der Waals surface area contributed by atoms with Crippen LogP contribution in [0.1, 0.15) is 10.6 Å². The Hall–Kier alpha value is -1.98. The fourth-order valence-electron chi connectivity index (χ4n) is 3.27. The number of hydrogen-bond donors (Lipinski definition) is 1. The maximum Gasteiger partial charge on any atom is 0.290 e. The second-order valence-corrected chi connectivity index (χ2v) is 5.92. The van der Waals surface area contributed by atoms with Gasteiger partial charge in [0.15, 0.2) is 5.76 Å². The van der Waals surface area contributed by atoms with Gasteiger partial charge in [-0.1, -0.05) is 18.2 Å². The zero-order valence-corrected chi connectivity index (χ0v) is 13.4. The molecule has 23 heavy (non-hydrogen) atoms. The normalized spacial score (nSPS) is 22.5. The van der Waals surface area contributed by atoms with E-state index in [1.54, 1.807) is 12.1 Å². The topological polar surface area (TPSA) is 54.7 Å². The molecule has 2 fully saturated rings. The highest BCUT2D eigenvalue weighted by atomic mass is 35.5. The fourth-order valence-corrected chi connectivity index (χ4v) is 3.27. The number of ether oxygens (including phenoxy) is 1. The van der Waals surface area contributed by atoms with E-state index in [1.807, 2.05) is 35.2 Å². The Kier molecular flexibility index (Phi) is 4.59. The molecule has 1 N–H and O–H groups in total. The summed E-state index contributed by atoms with van der Waals surface area (Å²) in [6, 6.07) is 12.8. The predicted octanol–water partition coefficient (Wildman–Crippen LogP) is 2.79. The number of benzene rings is 1. The van der Waals surface area contributed by atoms with E-state index in [-0.39, 0.29) is 18.3 Å². The summed E-state index contributed by atoms with van der Waals surface area (Å²) in [6.07, 6.45) is 0. The summed E-state index contributed by atoms with van der Waals surface area (Å²) in [5.74, 6) is 2.50. The average molecular weight is 335 g/mol. The molecule has 1 aromatic carbocycles. The number of carbonyl (C=O) groups is 1. The Morgan fingerprint density at radius 2 is 1.78 bits per heavy atom. The number of furan rings is 1. The van der Waals surface area contributed by atoms with Crippen LogP contribution in [0.25, 0.3) is 0 Å². The van der Waals surface area contributed by atoms with Crippen molar-refractivity contribution in [2.45, 2.75) is 0 Å². The van der Waals surface area contributed by atoms with Gasteiger partial charge in [0.2, 0.25) is 0 Å². The molecule has 0 saturated carbocycles. The molecule has 0 spiro atoms. The third-order valence-corrected chi connectivity index (χ3v) is 4.43. The van der Waals surface area contributed by atoms with Gasteiger partial charge in [-0.05, 0) is 30.0 Å². The summed E-state index contributed by atoms with van der Waals surface area (Å²) in [7, 11) is 0. The van der Waals surface area contributed by atoms with Crippen molar-refractivity contribution in [3.05, 3.63) is 48.2 Å². The highest BCUT2D eigenvalue weighted by molar-refractivity contribution is 5.91.